The van der Waals surface area contributed by atoms with E-state index < -0.39 is 15.1 Å². The lowest BCUT2D eigenvalue weighted by Crippen LogP contribution is -2.09. The molecule has 2 rings (SSSR count). The van der Waals surface area contributed by atoms with E-state index in [4.69, 9.17) is 26.6 Å². The first-order valence-electron chi connectivity index (χ1n) is 6.03. The Kier molecular flexibility index (Phi) is 4.15. The zero-order valence-electron chi connectivity index (χ0n) is 11.8. The number of nitrogens with two attached hydrogens (primary N) is 1. The van der Waals surface area contributed by atoms with Gasteiger partial charge < -0.3 is 15.0 Å². The van der Waals surface area contributed by atoms with E-state index in [-0.39, 0.29) is 11.6 Å². The Labute approximate surface area is 127 Å². The summed E-state index contributed by atoms with van der Waals surface area (Å²) in [6, 6.07) is 4.95. The van der Waals surface area contributed by atoms with Crippen LogP contribution in [0, 0.1) is 0 Å². The molecule has 21 heavy (non-hydrogen) atoms. The Balaban J connectivity index is 2.71. The van der Waals surface area contributed by atoms with Gasteiger partial charge in [-0.1, -0.05) is 16.8 Å². The largest absolute Gasteiger partial charge is 0.496 e. The van der Waals surface area contributed by atoms with Crippen molar-refractivity contribution in [3.63, 3.8) is 0 Å². The number of hydrogen-bond acceptors (Lipinski definition) is 6. The van der Waals surface area contributed by atoms with Gasteiger partial charge in [0.15, 0.2) is 9.84 Å². The third-order valence-corrected chi connectivity index (χ3v) is 4.95. The second kappa shape index (κ2) is 5.57. The standard InChI is InChI=1S/C13H15ClN2O4S/c1-7(21(3,17)18)12-11(13(15)20-16-12)9-6-8(14)4-5-10(9)19-2/h4-7H,15H2,1-3H3. The second-order valence-corrected chi connectivity index (χ2v) is 7.43. The lowest BCUT2D eigenvalue weighted by Gasteiger charge is -2.12. The third-order valence-electron chi connectivity index (χ3n) is 3.20. The molecule has 1 unspecified atom stereocenters. The van der Waals surface area contributed by atoms with Crippen LogP contribution in [0.4, 0.5) is 5.88 Å². The van der Waals surface area contributed by atoms with Crippen LogP contribution in [0.5, 0.6) is 5.75 Å². The van der Waals surface area contributed by atoms with Gasteiger partial charge >= 0.3 is 0 Å². The summed E-state index contributed by atoms with van der Waals surface area (Å²) in [6.07, 6.45) is 1.13. The lowest BCUT2D eigenvalue weighted by atomic mass is 10.0. The third kappa shape index (κ3) is 2.98. The number of nitrogen functional groups attached to an aromatic ring is 1. The van der Waals surface area contributed by atoms with Crippen molar-refractivity contribution < 1.29 is 17.7 Å². The molecule has 0 saturated carbocycles. The lowest BCUT2D eigenvalue weighted by molar-refractivity contribution is 0.416. The highest BCUT2D eigenvalue weighted by molar-refractivity contribution is 7.90. The molecule has 1 atom stereocenters. The minimum Gasteiger partial charge on any atom is -0.496 e. The molecule has 0 aliphatic heterocycles. The molecule has 0 saturated heterocycles. The van der Waals surface area contributed by atoms with Crippen LogP contribution in [-0.2, 0) is 9.84 Å². The summed E-state index contributed by atoms with van der Waals surface area (Å²) in [5.74, 6) is 0.511. The predicted molar refractivity (Wildman–Crippen MR) is 81.2 cm³/mol. The normalized spacial score (nSPS) is 13.1. The first-order chi connectivity index (χ1) is 9.75. The Morgan fingerprint density at radius 2 is 2.10 bits per heavy atom. The van der Waals surface area contributed by atoms with Crippen LogP contribution >= 0.6 is 11.6 Å². The first kappa shape index (κ1) is 15.7. The fourth-order valence-corrected chi connectivity index (χ4v) is 2.68. The van der Waals surface area contributed by atoms with Crippen LogP contribution < -0.4 is 10.5 Å². The zero-order chi connectivity index (χ0) is 15.8. The topological polar surface area (TPSA) is 95.4 Å². The minimum atomic E-state index is -3.35. The molecule has 1 aromatic carbocycles. The van der Waals surface area contributed by atoms with Gasteiger partial charge in [0, 0.05) is 16.8 Å². The average molecular weight is 331 g/mol. The van der Waals surface area contributed by atoms with Crippen molar-refractivity contribution in [3.8, 4) is 16.9 Å². The van der Waals surface area contributed by atoms with Gasteiger partial charge in [0.2, 0.25) is 5.88 Å². The van der Waals surface area contributed by atoms with Crippen LogP contribution in [0.2, 0.25) is 5.02 Å². The monoisotopic (exact) mass is 330 g/mol. The van der Waals surface area contributed by atoms with Gasteiger partial charge in [-0.15, -0.1) is 0 Å². The number of hydrogen-bond donors (Lipinski definition) is 1. The first-order valence-corrected chi connectivity index (χ1v) is 8.36. The Morgan fingerprint density at radius 3 is 2.67 bits per heavy atom. The molecule has 6 nitrogen and oxygen atoms in total. The molecule has 0 fully saturated rings. The average Bonchev–Trinajstić information content (AvgIpc) is 2.78. The van der Waals surface area contributed by atoms with Crippen molar-refractivity contribution in [2.45, 2.75) is 12.2 Å². The van der Waals surface area contributed by atoms with Gasteiger partial charge in [0.05, 0.1) is 12.7 Å². The van der Waals surface area contributed by atoms with Crippen molar-refractivity contribution in [1.82, 2.24) is 5.16 Å². The fourth-order valence-electron chi connectivity index (χ4n) is 1.94. The molecule has 114 valence electrons. The quantitative estimate of drug-likeness (QED) is 0.926. The van der Waals surface area contributed by atoms with Gasteiger partial charge in [0.25, 0.3) is 0 Å². The fraction of sp³-hybridized carbons (Fsp3) is 0.308. The molecule has 0 aliphatic carbocycles. The molecule has 0 spiro atoms. The maximum absolute atomic E-state index is 11.8. The van der Waals surface area contributed by atoms with Crippen LogP contribution in [0.3, 0.4) is 0 Å². The van der Waals surface area contributed by atoms with E-state index in [0.29, 0.717) is 21.9 Å². The summed E-state index contributed by atoms with van der Waals surface area (Å²) in [7, 11) is -1.86. The van der Waals surface area contributed by atoms with Gasteiger partial charge in [-0.3, -0.25) is 0 Å². The minimum absolute atomic E-state index is 0.0149. The summed E-state index contributed by atoms with van der Waals surface area (Å²) in [5.41, 5.74) is 6.96. The second-order valence-electron chi connectivity index (χ2n) is 4.62. The molecule has 8 heteroatoms. The highest BCUT2D eigenvalue weighted by Gasteiger charge is 2.28. The molecule has 0 aliphatic rings. The van der Waals surface area contributed by atoms with Gasteiger partial charge in [-0.25, -0.2) is 8.42 Å². The number of ether oxygens (including phenoxy) is 1. The molecular formula is C13H15ClN2O4S. The van der Waals surface area contributed by atoms with Crippen LogP contribution in [0.1, 0.15) is 17.9 Å². The number of sulfone groups is 1. The molecule has 1 heterocycles. The van der Waals surface area contributed by atoms with Gasteiger partial charge in [-0.2, -0.15) is 0 Å². The number of benzene rings is 1. The summed E-state index contributed by atoms with van der Waals surface area (Å²) < 4.78 is 33.8. The van der Waals surface area contributed by atoms with Gasteiger partial charge in [0.1, 0.15) is 16.7 Å². The molecule has 0 amide bonds. The van der Waals surface area contributed by atoms with E-state index in [1.807, 2.05) is 0 Å². The predicted octanol–water partition coefficient (Wildman–Crippen LogP) is 2.69. The van der Waals surface area contributed by atoms with Crippen molar-refractivity contribution in [2.75, 3.05) is 19.1 Å². The van der Waals surface area contributed by atoms with Crippen molar-refractivity contribution in [1.29, 1.82) is 0 Å². The molecule has 2 aromatic rings. The van der Waals surface area contributed by atoms with E-state index >= 15 is 0 Å². The molecule has 0 bridgehead atoms. The molecule has 0 radical (unpaired) electrons. The van der Waals surface area contributed by atoms with Crippen LogP contribution in [-0.4, -0.2) is 26.9 Å². The van der Waals surface area contributed by atoms with Crippen molar-refractivity contribution in [3.05, 3.63) is 28.9 Å². The summed E-state index contributed by atoms with van der Waals surface area (Å²) in [4.78, 5) is 0. The van der Waals surface area contributed by atoms with Crippen molar-refractivity contribution in [2.24, 2.45) is 0 Å². The SMILES string of the molecule is COc1ccc(Cl)cc1-c1c(C(C)S(C)(=O)=O)noc1N. The smallest absolute Gasteiger partial charge is 0.230 e. The number of rotatable bonds is 4. The van der Waals surface area contributed by atoms with E-state index in [0.717, 1.165) is 6.26 Å². The van der Waals surface area contributed by atoms with E-state index in [1.165, 1.54) is 14.0 Å². The number of halogens is 1. The summed E-state index contributed by atoms with van der Waals surface area (Å²) in [5, 5.41) is 3.38. The summed E-state index contributed by atoms with van der Waals surface area (Å²) in [6.45, 7) is 1.52. The highest BCUT2D eigenvalue weighted by atomic mass is 35.5. The Morgan fingerprint density at radius 1 is 1.43 bits per heavy atom. The maximum atomic E-state index is 11.8. The van der Waals surface area contributed by atoms with Crippen molar-refractivity contribution >= 4 is 27.3 Å². The van der Waals surface area contributed by atoms with Gasteiger partial charge in [-0.05, 0) is 25.1 Å². The molecule has 2 N–H and O–H groups in total. The number of methoxy groups -OCH3 is 1. The van der Waals surface area contributed by atoms with E-state index in [1.54, 1.807) is 18.2 Å². The van der Waals surface area contributed by atoms with Crippen LogP contribution in [0.25, 0.3) is 11.1 Å². The Bertz CT molecular complexity index is 770. The molecule has 1 aromatic heterocycles. The summed E-state index contributed by atoms with van der Waals surface area (Å²) >= 11 is 6.00. The number of anilines is 1. The van der Waals surface area contributed by atoms with E-state index in [2.05, 4.69) is 5.16 Å². The number of nitrogens with zero attached hydrogens (tertiary/aromatic N) is 1. The highest BCUT2D eigenvalue weighted by Crippen LogP contribution is 2.41. The number of aromatic nitrogens is 1. The molecular weight excluding hydrogens is 316 g/mol. The maximum Gasteiger partial charge on any atom is 0.230 e. The van der Waals surface area contributed by atoms with E-state index in [9.17, 15) is 8.42 Å². The van der Waals surface area contributed by atoms with Crippen LogP contribution in [0.15, 0.2) is 22.7 Å². The zero-order valence-corrected chi connectivity index (χ0v) is 13.3. The Hall–Kier alpha value is -1.73.